The number of nitrogens with zero attached hydrogens (tertiary/aromatic N) is 2. The van der Waals surface area contributed by atoms with Crippen LogP contribution in [-0.4, -0.2) is 25.8 Å². The summed E-state index contributed by atoms with van der Waals surface area (Å²) >= 11 is 1.39. The lowest BCUT2D eigenvalue weighted by molar-refractivity contribution is -0.115. The van der Waals surface area contributed by atoms with Crippen molar-refractivity contribution in [1.82, 2.24) is 9.55 Å². The third-order valence-corrected chi connectivity index (χ3v) is 5.26. The number of amides is 1. The third kappa shape index (κ3) is 3.99. The first-order chi connectivity index (χ1) is 11.5. The van der Waals surface area contributed by atoms with Crippen LogP contribution in [0.25, 0.3) is 0 Å². The van der Waals surface area contributed by atoms with Crippen LogP contribution in [0, 0.1) is 0 Å². The van der Waals surface area contributed by atoms with Crippen molar-refractivity contribution < 1.29 is 9.90 Å². The molecule has 24 heavy (non-hydrogen) atoms. The lowest BCUT2D eigenvalue weighted by Gasteiger charge is -2.17. The number of hydrogen-bond acceptors (Lipinski definition) is 4. The summed E-state index contributed by atoms with van der Waals surface area (Å²) in [5.74, 6) is -0.0378. The average Bonchev–Trinajstić information content (AvgIpc) is 2.94. The van der Waals surface area contributed by atoms with Gasteiger partial charge in [-0.3, -0.25) is 4.79 Å². The Morgan fingerprint density at radius 2 is 1.96 bits per heavy atom. The Morgan fingerprint density at radius 3 is 2.46 bits per heavy atom. The molecule has 2 N–H and O–H groups in total. The predicted molar refractivity (Wildman–Crippen MR) is 98.3 cm³/mol. The second-order valence-corrected chi connectivity index (χ2v) is 6.96. The molecule has 0 aliphatic carbocycles. The van der Waals surface area contributed by atoms with Crippen molar-refractivity contribution in [3.8, 4) is 0 Å². The Hall–Kier alpha value is -1.79. The van der Waals surface area contributed by atoms with Gasteiger partial charge >= 0.3 is 0 Å². The van der Waals surface area contributed by atoms with E-state index in [0.717, 1.165) is 40.5 Å². The molecular weight excluding hydrogens is 322 g/mol. The number of hydrogen-bond donors (Lipinski definition) is 2. The van der Waals surface area contributed by atoms with Gasteiger partial charge in [0, 0.05) is 12.7 Å². The number of anilines is 1. The smallest absolute Gasteiger partial charge is 0.237 e. The fourth-order valence-corrected chi connectivity index (χ4v) is 3.39. The summed E-state index contributed by atoms with van der Waals surface area (Å²) in [4.78, 5) is 16.9. The van der Waals surface area contributed by atoms with E-state index in [1.54, 1.807) is 6.20 Å². The van der Waals surface area contributed by atoms with Gasteiger partial charge in [-0.15, -0.1) is 0 Å². The highest BCUT2D eigenvalue weighted by Crippen LogP contribution is 2.26. The van der Waals surface area contributed by atoms with Crippen LogP contribution < -0.4 is 5.32 Å². The molecule has 2 aromatic rings. The number of rotatable bonds is 7. The maximum Gasteiger partial charge on any atom is 0.237 e. The topological polar surface area (TPSA) is 67.2 Å². The Bertz CT molecular complexity index is 690. The first-order valence-electron chi connectivity index (χ1n) is 8.21. The zero-order chi connectivity index (χ0) is 17.7. The van der Waals surface area contributed by atoms with Gasteiger partial charge in [0.25, 0.3) is 0 Å². The molecular formula is C18H25N3O2S. The number of nitrogens with one attached hydrogen (secondary N) is 1. The molecule has 5 nitrogen and oxygen atoms in total. The molecule has 0 aliphatic rings. The maximum atomic E-state index is 12.6. The van der Waals surface area contributed by atoms with E-state index in [9.17, 15) is 9.90 Å². The maximum absolute atomic E-state index is 12.6. The second kappa shape index (κ2) is 8.35. The zero-order valence-electron chi connectivity index (χ0n) is 14.7. The second-order valence-electron chi connectivity index (χ2n) is 5.66. The van der Waals surface area contributed by atoms with Crippen LogP contribution in [0.5, 0.6) is 0 Å². The monoisotopic (exact) mass is 347 g/mol. The molecule has 130 valence electrons. The molecule has 1 aromatic carbocycles. The first kappa shape index (κ1) is 18.5. The van der Waals surface area contributed by atoms with Gasteiger partial charge in [-0.2, -0.15) is 0 Å². The summed E-state index contributed by atoms with van der Waals surface area (Å²) in [6.45, 7) is 5.99. The highest BCUT2D eigenvalue weighted by atomic mass is 32.2. The van der Waals surface area contributed by atoms with Crippen molar-refractivity contribution in [2.75, 3.05) is 5.32 Å². The Balaban J connectivity index is 2.13. The van der Waals surface area contributed by atoms with E-state index in [1.165, 1.54) is 11.8 Å². The third-order valence-electron chi connectivity index (χ3n) is 4.10. The van der Waals surface area contributed by atoms with E-state index < -0.39 is 0 Å². The summed E-state index contributed by atoms with van der Waals surface area (Å²) in [6.07, 6.45) is 3.39. The molecule has 6 heteroatoms. The minimum absolute atomic E-state index is 0.0378. The summed E-state index contributed by atoms with van der Waals surface area (Å²) in [5, 5.41) is 12.8. The van der Waals surface area contributed by atoms with Gasteiger partial charge in [0.2, 0.25) is 5.91 Å². The Kier molecular flexibility index (Phi) is 6.45. The summed E-state index contributed by atoms with van der Waals surface area (Å²) < 4.78 is 1.81. The van der Waals surface area contributed by atoms with Gasteiger partial charge in [0.15, 0.2) is 5.16 Å². The number of aliphatic hydroxyl groups excluding tert-OH is 1. The van der Waals surface area contributed by atoms with E-state index in [2.05, 4.69) is 36.3 Å². The molecule has 0 fully saturated rings. The summed E-state index contributed by atoms with van der Waals surface area (Å²) in [5.41, 5.74) is 3.98. The Labute approximate surface area is 147 Å². The predicted octanol–water partition coefficient (Wildman–Crippen LogP) is 3.16. The number of carbonyl (C=O) groups is 1. The van der Waals surface area contributed by atoms with Crippen LogP contribution in [0.15, 0.2) is 29.6 Å². The quantitative estimate of drug-likeness (QED) is 0.755. The molecule has 1 heterocycles. The number of aryl methyl sites for hydroxylation is 2. The summed E-state index contributed by atoms with van der Waals surface area (Å²) in [7, 11) is 1.84. The average molecular weight is 347 g/mol. The van der Waals surface area contributed by atoms with Gasteiger partial charge in [0.05, 0.1) is 23.7 Å². The van der Waals surface area contributed by atoms with Gasteiger partial charge < -0.3 is 15.0 Å². The van der Waals surface area contributed by atoms with Crippen LogP contribution in [0.1, 0.15) is 37.6 Å². The van der Waals surface area contributed by atoms with Crippen molar-refractivity contribution >= 4 is 23.4 Å². The zero-order valence-corrected chi connectivity index (χ0v) is 15.5. The first-order valence-corrected chi connectivity index (χ1v) is 9.09. The van der Waals surface area contributed by atoms with Crippen molar-refractivity contribution in [3.63, 3.8) is 0 Å². The van der Waals surface area contributed by atoms with Crippen molar-refractivity contribution in [3.05, 3.63) is 41.2 Å². The Morgan fingerprint density at radius 1 is 1.33 bits per heavy atom. The minimum Gasteiger partial charge on any atom is -0.390 e. The molecule has 0 radical (unpaired) electrons. The summed E-state index contributed by atoms with van der Waals surface area (Å²) in [6, 6.07) is 6.15. The van der Waals surface area contributed by atoms with Gasteiger partial charge in [0.1, 0.15) is 0 Å². The van der Waals surface area contributed by atoms with Gasteiger partial charge in [-0.25, -0.2) is 4.98 Å². The number of para-hydroxylation sites is 1. The fraction of sp³-hybridized carbons (Fsp3) is 0.444. The molecule has 0 spiro atoms. The van der Waals surface area contributed by atoms with Crippen molar-refractivity contribution in [2.45, 2.75) is 50.6 Å². The number of benzene rings is 1. The molecule has 2 rings (SSSR count). The normalized spacial score (nSPS) is 12.2. The van der Waals surface area contributed by atoms with Crippen molar-refractivity contribution in [1.29, 1.82) is 0 Å². The number of imidazole rings is 1. The number of carbonyl (C=O) groups excluding carboxylic acids is 1. The van der Waals surface area contributed by atoms with Crippen LogP contribution >= 0.6 is 11.8 Å². The standard InChI is InChI=1S/C18H25N3O2S/c1-5-13-8-7-9-14(6-2)16(13)20-17(23)12(3)24-18-19-10-15(11-22)21(18)4/h7-10,12,22H,5-6,11H2,1-4H3,(H,20,23). The van der Waals surface area contributed by atoms with E-state index in [-0.39, 0.29) is 17.8 Å². The van der Waals surface area contributed by atoms with Gasteiger partial charge in [-0.05, 0) is 30.9 Å². The minimum atomic E-state index is -0.285. The van der Waals surface area contributed by atoms with Crippen LogP contribution in [0.4, 0.5) is 5.69 Å². The highest BCUT2D eigenvalue weighted by Gasteiger charge is 2.19. The van der Waals surface area contributed by atoms with Crippen LogP contribution in [-0.2, 0) is 31.3 Å². The van der Waals surface area contributed by atoms with E-state index >= 15 is 0 Å². The van der Waals surface area contributed by atoms with Gasteiger partial charge in [-0.1, -0.05) is 43.8 Å². The SMILES string of the molecule is CCc1cccc(CC)c1NC(=O)C(C)Sc1ncc(CO)n1C. The molecule has 1 aromatic heterocycles. The highest BCUT2D eigenvalue weighted by molar-refractivity contribution is 8.00. The number of aliphatic hydroxyl groups is 1. The molecule has 0 aliphatic heterocycles. The molecule has 1 unspecified atom stereocenters. The molecule has 0 saturated heterocycles. The lowest BCUT2D eigenvalue weighted by atomic mass is 10.0. The molecule has 1 amide bonds. The van der Waals surface area contributed by atoms with E-state index in [1.807, 2.05) is 24.6 Å². The van der Waals surface area contributed by atoms with Crippen LogP contribution in [0.3, 0.4) is 0 Å². The van der Waals surface area contributed by atoms with Crippen molar-refractivity contribution in [2.24, 2.45) is 7.05 Å². The molecule has 0 saturated carbocycles. The van der Waals surface area contributed by atoms with E-state index in [0.29, 0.717) is 0 Å². The lowest BCUT2D eigenvalue weighted by Crippen LogP contribution is -2.24. The molecule has 0 bridgehead atoms. The van der Waals surface area contributed by atoms with Crippen LogP contribution in [0.2, 0.25) is 0 Å². The van der Waals surface area contributed by atoms with E-state index in [4.69, 9.17) is 0 Å². The molecule has 1 atom stereocenters. The number of aromatic nitrogens is 2. The number of thioether (sulfide) groups is 1. The largest absolute Gasteiger partial charge is 0.390 e. The fourth-order valence-electron chi connectivity index (χ4n) is 2.52.